The largest absolute Gasteiger partial charge is 0.355 e. The number of benzene rings is 1. The van der Waals surface area contributed by atoms with E-state index in [-0.39, 0.29) is 11.7 Å². The van der Waals surface area contributed by atoms with Gasteiger partial charge in [0.2, 0.25) is 0 Å². The van der Waals surface area contributed by atoms with Crippen LogP contribution >= 0.6 is 15.9 Å². The van der Waals surface area contributed by atoms with Crippen molar-refractivity contribution >= 4 is 27.6 Å². The standard InChI is InChI=1S/C12H12BrNO2/c1-4-10(15)11-7(2)9(13)6-5-8(11)12(16)14-3/h4-6H,1H2,2-3H3,(H,14,16). The highest BCUT2D eigenvalue weighted by Gasteiger charge is 2.18. The third-order valence-electron chi connectivity index (χ3n) is 2.30. The van der Waals surface area contributed by atoms with E-state index in [1.165, 1.54) is 13.1 Å². The average molecular weight is 282 g/mol. The van der Waals surface area contributed by atoms with E-state index in [2.05, 4.69) is 27.8 Å². The number of amides is 1. The topological polar surface area (TPSA) is 46.2 Å². The van der Waals surface area contributed by atoms with Crippen LogP contribution in [0.4, 0.5) is 0 Å². The Morgan fingerprint density at radius 3 is 2.56 bits per heavy atom. The van der Waals surface area contributed by atoms with Gasteiger partial charge in [0, 0.05) is 17.1 Å². The first-order valence-electron chi connectivity index (χ1n) is 4.70. The van der Waals surface area contributed by atoms with Crippen LogP contribution in [0, 0.1) is 6.92 Å². The summed E-state index contributed by atoms with van der Waals surface area (Å²) < 4.78 is 0.797. The second-order valence-electron chi connectivity index (χ2n) is 3.24. The van der Waals surface area contributed by atoms with Crippen LogP contribution in [0.2, 0.25) is 0 Å². The molecule has 84 valence electrons. The van der Waals surface area contributed by atoms with Gasteiger partial charge in [0.1, 0.15) is 0 Å². The van der Waals surface area contributed by atoms with Crippen molar-refractivity contribution in [1.29, 1.82) is 0 Å². The third-order valence-corrected chi connectivity index (χ3v) is 3.16. The van der Waals surface area contributed by atoms with Crippen molar-refractivity contribution in [2.24, 2.45) is 0 Å². The molecule has 1 rings (SSSR count). The van der Waals surface area contributed by atoms with Gasteiger partial charge in [-0.15, -0.1) is 0 Å². The SMILES string of the molecule is C=CC(=O)c1c(C(=O)NC)ccc(Br)c1C. The van der Waals surface area contributed by atoms with Crippen LogP contribution in [-0.2, 0) is 0 Å². The van der Waals surface area contributed by atoms with Gasteiger partial charge in [0.05, 0.1) is 5.56 Å². The fraction of sp³-hybridized carbons (Fsp3) is 0.167. The quantitative estimate of drug-likeness (QED) is 0.684. The second-order valence-corrected chi connectivity index (χ2v) is 4.10. The van der Waals surface area contributed by atoms with Gasteiger partial charge >= 0.3 is 0 Å². The minimum absolute atomic E-state index is 0.252. The summed E-state index contributed by atoms with van der Waals surface area (Å²) >= 11 is 3.33. The number of hydrogen-bond acceptors (Lipinski definition) is 2. The van der Waals surface area contributed by atoms with Crippen molar-refractivity contribution in [3.8, 4) is 0 Å². The summed E-state index contributed by atoms with van der Waals surface area (Å²) in [6, 6.07) is 3.37. The molecule has 0 fully saturated rings. The number of carbonyl (C=O) groups is 2. The Hall–Kier alpha value is -1.42. The number of rotatable bonds is 3. The highest BCUT2D eigenvalue weighted by Crippen LogP contribution is 2.24. The molecule has 0 aliphatic carbocycles. The van der Waals surface area contributed by atoms with Crippen LogP contribution in [0.1, 0.15) is 26.3 Å². The van der Waals surface area contributed by atoms with Crippen LogP contribution in [0.15, 0.2) is 29.3 Å². The average Bonchev–Trinajstić information content (AvgIpc) is 2.30. The number of carbonyl (C=O) groups excluding carboxylic acids is 2. The molecule has 0 aromatic heterocycles. The molecule has 0 bridgehead atoms. The van der Waals surface area contributed by atoms with E-state index in [1.807, 2.05) is 0 Å². The maximum absolute atomic E-state index is 11.7. The molecular weight excluding hydrogens is 270 g/mol. The summed E-state index contributed by atoms with van der Waals surface area (Å²) in [6.45, 7) is 5.22. The van der Waals surface area contributed by atoms with E-state index in [4.69, 9.17) is 0 Å². The molecular formula is C12H12BrNO2. The fourth-order valence-corrected chi connectivity index (χ4v) is 1.76. The van der Waals surface area contributed by atoms with Crippen LogP contribution in [0.5, 0.6) is 0 Å². The smallest absolute Gasteiger partial charge is 0.251 e. The van der Waals surface area contributed by atoms with Crippen LogP contribution in [0.25, 0.3) is 0 Å². The molecule has 0 heterocycles. The van der Waals surface area contributed by atoms with E-state index in [0.29, 0.717) is 11.1 Å². The Bertz CT molecular complexity index is 466. The molecule has 0 unspecified atom stereocenters. The Kier molecular flexibility index (Phi) is 4.01. The first-order chi connectivity index (χ1) is 7.52. The van der Waals surface area contributed by atoms with E-state index < -0.39 is 0 Å². The van der Waals surface area contributed by atoms with Gasteiger partial charge in [-0.1, -0.05) is 22.5 Å². The summed E-state index contributed by atoms with van der Waals surface area (Å²) in [4.78, 5) is 23.3. The maximum Gasteiger partial charge on any atom is 0.251 e. The predicted octanol–water partition coefficient (Wildman–Crippen LogP) is 2.49. The highest BCUT2D eigenvalue weighted by atomic mass is 79.9. The number of allylic oxidation sites excluding steroid dienone is 1. The monoisotopic (exact) mass is 281 g/mol. The van der Waals surface area contributed by atoms with Crippen molar-refractivity contribution in [3.05, 3.63) is 46.0 Å². The minimum Gasteiger partial charge on any atom is -0.355 e. The number of nitrogens with one attached hydrogen (secondary N) is 1. The van der Waals surface area contributed by atoms with Crippen LogP contribution in [0.3, 0.4) is 0 Å². The number of halogens is 1. The Morgan fingerprint density at radius 1 is 1.44 bits per heavy atom. The molecule has 0 aliphatic rings. The number of hydrogen-bond donors (Lipinski definition) is 1. The van der Waals surface area contributed by atoms with Gasteiger partial charge in [-0.05, 0) is 30.7 Å². The normalized spacial score (nSPS) is 9.69. The minimum atomic E-state index is -0.277. The molecule has 0 saturated heterocycles. The lowest BCUT2D eigenvalue weighted by Crippen LogP contribution is -2.21. The highest BCUT2D eigenvalue weighted by molar-refractivity contribution is 9.10. The Balaban J connectivity index is 3.50. The molecule has 0 spiro atoms. The summed E-state index contributed by atoms with van der Waals surface area (Å²) in [5.41, 5.74) is 1.50. The first kappa shape index (κ1) is 12.6. The molecule has 1 aromatic carbocycles. The van der Waals surface area contributed by atoms with Gasteiger partial charge < -0.3 is 5.32 Å². The Morgan fingerprint density at radius 2 is 2.06 bits per heavy atom. The summed E-state index contributed by atoms with van der Waals surface area (Å²) in [5.74, 6) is -0.529. The number of ketones is 1. The molecule has 0 radical (unpaired) electrons. The van der Waals surface area contributed by atoms with Gasteiger partial charge in [-0.3, -0.25) is 9.59 Å². The molecule has 1 aromatic rings. The lowest BCUT2D eigenvalue weighted by Gasteiger charge is -2.10. The molecule has 0 aliphatic heterocycles. The van der Waals surface area contributed by atoms with Crippen molar-refractivity contribution in [2.45, 2.75) is 6.92 Å². The molecule has 0 atom stereocenters. The van der Waals surface area contributed by atoms with Gasteiger partial charge in [0.25, 0.3) is 5.91 Å². The van der Waals surface area contributed by atoms with Gasteiger partial charge in [-0.25, -0.2) is 0 Å². The molecule has 0 saturated carbocycles. The summed E-state index contributed by atoms with van der Waals surface area (Å²) in [6.07, 6.45) is 1.21. The van der Waals surface area contributed by atoms with Crippen molar-refractivity contribution in [3.63, 3.8) is 0 Å². The molecule has 1 N–H and O–H groups in total. The van der Waals surface area contributed by atoms with Crippen LogP contribution in [-0.4, -0.2) is 18.7 Å². The Labute approximate surface area is 103 Å². The van der Waals surface area contributed by atoms with Crippen LogP contribution < -0.4 is 5.32 Å². The van der Waals surface area contributed by atoms with Crippen molar-refractivity contribution in [1.82, 2.24) is 5.32 Å². The van der Waals surface area contributed by atoms with Gasteiger partial charge in [-0.2, -0.15) is 0 Å². The van der Waals surface area contributed by atoms with Crippen molar-refractivity contribution < 1.29 is 9.59 Å². The molecule has 3 nitrogen and oxygen atoms in total. The lowest BCUT2D eigenvalue weighted by atomic mass is 9.97. The molecule has 1 amide bonds. The molecule has 4 heteroatoms. The summed E-state index contributed by atoms with van der Waals surface area (Å²) in [5, 5.41) is 2.51. The maximum atomic E-state index is 11.7. The van der Waals surface area contributed by atoms with E-state index in [1.54, 1.807) is 19.1 Å². The van der Waals surface area contributed by atoms with E-state index in [0.717, 1.165) is 10.0 Å². The second kappa shape index (κ2) is 5.07. The third kappa shape index (κ3) is 2.22. The van der Waals surface area contributed by atoms with Crippen molar-refractivity contribution in [2.75, 3.05) is 7.05 Å². The zero-order valence-electron chi connectivity index (χ0n) is 9.13. The predicted molar refractivity (Wildman–Crippen MR) is 66.8 cm³/mol. The zero-order valence-corrected chi connectivity index (χ0v) is 10.7. The zero-order chi connectivity index (χ0) is 12.3. The fourth-order valence-electron chi connectivity index (χ4n) is 1.43. The van der Waals surface area contributed by atoms with E-state index >= 15 is 0 Å². The lowest BCUT2D eigenvalue weighted by molar-refractivity contribution is 0.0951. The first-order valence-corrected chi connectivity index (χ1v) is 5.50. The summed E-state index contributed by atoms with van der Waals surface area (Å²) in [7, 11) is 1.53. The van der Waals surface area contributed by atoms with Gasteiger partial charge in [0.15, 0.2) is 5.78 Å². The molecule has 16 heavy (non-hydrogen) atoms. The van der Waals surface area contributed by atoms with E-state index in [9.17, 15) is 9.59 Å².